The van der Waals surface area contributed by atoms with Crippen molar-refractivity contribution in [1.82, 2.24) is 20.2 Å². The Morgan fingerprint density at radius 2 is 2.10 bits per heavy atom. The fraction of sp³-hybridized carbons (Fsp3) is 0.429. The molecule has 3 rings (SSSR count). The summed E-state index contributed by atoms with van der Waals surface area (Å²) < 4.78 is 1.77. The van der Waals surface area contributed by atoms with Crippen molar-refractivity contribution in [2.75, 3.05) is 0 Å². The van der Waals surface area contributed by atoms with Gasteiger partial charge in [0.15, 0.2) is 0 Å². The van der Waals surface area contributed by atoms with Crippen LogP contribution in [0, 0.1) is 0 Å². The quantitative estimate of drug-likeness (QED) is 0.864. The number of carbonyl (C=O) groups excluding carboxylic acids is 1. The summed E-state index contributed by atoms with van der Waals surface area (Å²) in [5, 5.41) is 12.6. The molecular formula is C14H16N4OS. The van der Waals surface area contributed by atoms with Gasteiger partial charge in [-0.25, -0.2) is 4.68 Å². The first kappa shape index (κ1) is 13.3. The number of rotatable bonds is 4. The molecule has 1 atom stereocenters. The Labute approximate surface area is 121 Å². The summed E-state index contributed by atoms with van der Waals surface area (Å²) in [5.41, 5.74) is 1.15. The Balaban J connectivity index is 1.71. The molecule has 2 aromatic rings. The van der Waals surface area contributed by atoms with Gasteiger partial charge in [0, 0.05) is 6.42 Å². The maximum absolute atomic E-state index is 11.9. The molecule has 20 heavy (non-hydrogen) atoms. The lowest BCUT2D eigenvalue weighted by molar-refractivity contribution is -0.119. The van der Waals surface area contributed by atoms with Crippen molar-refractivity contribution in [1.29, 1.82) is 0 Å². The molecule has 0 spiro atoms. The Hall–Kier alpha value is -1.69. The van der Waals surface area contributed by atoms with E-state index in [1.54, 1.807) is 4.68 Å². The lowest BCUT2D eigenvalue weighted by Crippen LogP contribution is -2.22. The monoisotopic (exact) mass is 288 g/mol. The van der Waals surface area contributed by atoms with Gasteiger partial charge in [-0.3, -0.25) is 4.79 Å². The summed E-state index contributed by atoms with van der Waals surface area (Å²) in [6, 6.07) is 10.1. The molecule has 0 amide bonds. The molecule has 1 aromatic carbocycles. The molecule has 1 aromatic heterocycles. The smallest absolute Gasteiger partial charge is 0.210 e. The molecule has 0 aliphatic heterocycles. The van der Waals surface area contributed by atoms with Gasteiger partial charge < -0.3 is 0 Å². The number of nitrogens with zero attached hydrogens (tertiary/aromatic N) is 4. The van der Waals surface area contributed by atoms with Crippen LogP contribution in [0.4, 0.5) is 0 Å². The molecular weight excluding hydrogens is 272 g/mol. The van der Waals surface area contributed by atoms with Crippen LogP contribution in [0.5, 0.6) is 0 Å². The van der Waals surface area contributed by atoms with Gasteiger partial charge in [0.05, 0.1) is 11.8 Å². The third-order valence-corrected chi connectivity index (χ3v) is 4.71. The van der Waals surface area contributed by atoms with Crippen LogP contribution in [0.3, 0.4) is 0 Å². The van der Waals surface area contributed by atoms with Gasteiger partial charge in [0.25, 0.3) is 0 Å². The van der Waals surface area contributed by atoms with Crippen molar-refractivity contribution >= 4 is 17.5 Å². The maximum atomic E-state index is 11.9. The molecule has 0 saturated heterocycles. The van der Waals surface area contributed by atoms with Crippen molar-refractivity contribution in [2.24, 2.45) is 0 Å². The number of aromatic nitrogens is 4. The SMILES string of the molecule is O=C1CCCCC1Sc1nnnn1Cc1ccccc1. The van der Waals surface area contributed by atoms with E-state index in [0.29, 0.717) is 18.7 Å². The van der Waals surface area contributed by atoms with Crippen LogP contribution in [0.25, 0.3) is 0 Å². The van der Waals surface area contributed by atoms with Gasteiger partial charge >= 0.3 is 0 Å². The number of tetrazole rings is 1. The van der Waals surface area contributed by atoms with Gasteiger partial charge in [-0.2, -0.15) is 0 Å². The molecule has 1 aliphatic rings. The van der Waals surface area contributed by atoms with Crippen LogP contribution in [0.2, 0.25) is 0 Å². The second-order valence-electron chi connectivity index (χ2n) is 4.92. The molecule has 1 unspecified atom stereocenters. The van der Waals surface area contributed by atoms with Gasteiger partial charge in [-0.05, 0) is 28.8 Å². The number of hydrogen-bond acceptors (Lipinski definition) is 5. The summed E-state index contributed by atoms with van der Waals surface area (Å²) in [6.45, 7) is 0.636. The summed E-state index contributed by atoms with van der Waals surface area (Å²) in [5.74, 6) is 0.329. The zero-order chi connectivity index (χ0) is 13.8. The van der Waals surface area contributed by atoms with Crippen molar-refractivity contribution in [2.45, 2.75) is 42.6 Å². The summed E-state index contributed by atoms with van der Waals surface area (Å²) >= 11 is 1.50. The predicted octanol–water partition coefficient (Wildman–Crippen LogP) is 2.33. The molecule has 1 heterocycles. The molecule has 1 saturated carbocycles. The highest BCUT2D eigenvalue weighted by atomic mass is 32.2. The van der Waals surface area contributed by atoms with Gasteiger partial charge in [0.1, 0.15) is 5.78 Å². The maximum Gasteiger partial charge on any atom is 0.210 e. The third-order valence-electron chi connectivity index (χ3n) is 3.42. The van der Waals surface area contributed by atoms with Gasteiger partial charge in [0.2, 0.25) is 5.16 Å². The summed E-state index contributed by atoms with van der Waals surface area (Å²) in [7, 11) is 0. The molecule has 1 fully saturated rings. The van der Waals surface area contributed by atoms with Gasteiger partial charge in [-0.15, -0.1) is 5.10 Å². The molecule has 0 N–H and O–H groups in total. The first-order valence-electron chi connectivity index (χ1n) is 6.82. The van der Waals surface area contributed by atoms with Crippen LogP contribution in [-0.2, 0) is 11.3 Å². The van der Waals surface area contributed by atoms with Gasteiger partial charge in [-0.1, -0.05) is 48.5 Å². The molecule has 0 bridgehead atoms. The topological polar surface area (TPSA) is 60.7 Å². The van der Waals surface area contributed by atoms with E-state index in [4.69, 9.17) is 0 Å². The minimum atomic E-state index is 0.0178. The fourth-order valence-corrected chi connectivity index (χ4v) is 3.43. The average Bonchev–Trinajstić information content (AvgIpc) is 2.90. The molecule has 6 heteroatoms. The summed E-state index contributed by atoms with van der Waals surface area (Å²) in [4.78, 5) is 11.9. The number of thioether (sulfide) groups is 1. The highest BCUT2D eigenvalue weighted by molar-refractivity contribution is 8.00. The predicted molar refractivity (Wildman–Crippen MR) is 76.5 cm³/mol. The molecule has 104 valence electrons. The Morgan fingerprint density at radius 1 is 1.25 bits per heavy atom. The number of hydrogen-bond donors (Lipinski definition) is 0. The third kappa shape index (κ3) is 3.07. The first-order valence-corrected chi connectivity index (χ1v) is 7.70. The Kier molecular flexibility index (Phi) is 4.11. The summed E-state index contributed by atoms with van der Waals surface area (Å²) in [6.07, 6.45) is 3.76. The first-order chi connectivity index (χ1) is 9.83. The van der Waals surface area contributed by atoms with E-state index in [1.165, 1.54) is 11.8 Å². The van der Waals surface area contributed by atoms with E-state index in [2.05, 4.69) is 15.5 Å². The number of ketones is 1. The normalized spacial score (nSPS) is 19.2. The number of carbonyl (C=O) groups is 1. The highest BCUT2D eigenvalue weighted by Gasteiger charge is 2.25. The van der Waals surface area contributed by atoms with E-state index in [9.17, 15) is 4.79 Å². The molecule has 5 nitrogen and oxygen atoms in total. The zero-order valence-electron chi connectivity index (χ0n) is 11.1. The minimum Gasteiger partial charge on any atom is -0.298 e. The van der Waals surface area contributed by atoms with E-state index in [0.717, 1.165) is 30.0 Å². The van der Waals surface area contributed by atoms with Crippen molar-refractivity contribution in [3.8, 4) is 0 Å². The fourth-order valence-electron chi connectivity index (χ4n) is 2.34. The van der Waals surface area contributed by atoms with E-state index in [-0.39, 0.29) is 5.25 Å². The van der Waals surface area contributed by atoms with E-state index < -0.39 is 0 Å². The average molecular weight is 288 g/mol. The molecule has 0 radical (unpaired) electrons. The lowest BCUT2D eigenvalue weighted by Gasteiger charge is -2.18. The Morgan fingerprint density at radius 3 is 2.90 bits per heavy atom. The second kappa shape index (κ2) is 6.17. The largest absolute Gasteiger partial charge is 0.298 e. The van der Waals surface area contributed by atoms with Crippen LogP contribution in [0.15, 0.2) is 35.5 Å². The van der Waals surface area contributed by atoms with Crippen LogP contribution in [0.1, 0.15) is 31.2 Å². The Bertz CT molecular complexity index is 584. The van der Waals surface area contributed by atoms with E-state index in [1.807, 2.05) is 30.3 Å². The zero-order valence-corrected chi connectivity index (χ0v) is 11.9. The standard InChI is InChI=1S/C14H16N4OS/c19-12-8-4-5-9-13(12)20-14-15-16-17-18(14)10-11-6-2-1-3-7-11/h1-3,6-7,13H,4-5,8-10H2. The van der Waals surface area contributed by atoms with Crippen LogP contribution >= 0.6 is 11.8 Å². The lowest BCUT2D eigenvalue weighted by atomic mass is 9.99. The van der Waals surface area contributed by atoms with Crippen LogP contribution < -0.4 is 0 Å². The van der Waals surface area contributed by atoms with Crippen LogP contribution in [-0.4, -0.2) is 31.2 Å². The number of benzene rings is 1. The van der Waals surface area contributed by atoms with Crippen molar-refractivity contribution in [3.63, 3.8) is 0 Å². The van der Waals surface area contributed by atoms with Crippen molar-refractivity contribution in [3.05, 3.63) is 35.9 Å². The molecule has 1 aliphatic carbocycles. The second-order valence-corrected chi connectivity index (χ2v) is 6.09. The highest BCUT2D eigenvalue weighted by Crippen LogP contribution is 2.30. The number of Topliss-reactive ketones (excluding diaryl/α,β-unsaturated/α-hetero) is 1. The van der Waals surface area contributed by atoms with Crippen molar-refractivity contribution < 1.29 is 4.79 Å². The van der Waals surface area contributed by atoms with E-state index >= 15 is 0 Å². The minimum absolute atomic E-state index is 0.0178.